The lowest BCUT2D eigenvalue weighted by molar-refractivity contribution is 0.101. The zero-order valence-corrected chi connectivity index (χ0v) is 31.1. The Kier molecular flexibility index (Phi) is 9.64. The Balaban J connectivity index is 0.934. The summed E-state index contributed by atoms with van der Waals surface area (Å²) in [5.41, 5.74) is 18.8. The van der Waals surface area contributed by atoms with Gasteiger partial charge >= 0.3 is 0 Å². The average molecular weight is 761 g/mol. The summed E-state index contributed by atoms with van der Waals surface area (Å²) < 4.78 is 15.8. The van der Waals surface area contributed by atoms with Gasteiger partial charge < -0.3 is 29.4 Å². The lowest BCUT2D eigenvalue weighted by atomic mass is 10.1. The second-order valence-corrected chi connectivity index (χ2v) is 14.6. The van der Waals surface area contributed by atoms with Crippen molar-refractivity contribution in [2.75, 3.05) is 23.7 Å². The number of anilines is 2. The third kappa shape index (κ3) is 6.82. The van der Waals surface area contributed by atoms with E-state index in [4.69, 9.17) is 20.3 Å². The number of nitrogens with one attached hydrogen (secondary N) is 2. The molecule has 16 heteroatoms. The van der Waals surface area contributed by atoms with E-state index in [1.165, 1.54) is 22.7 Å². The molecule has 0 aliphatic carbocycles. The number of rotatable bonds is 13. The number of nitrogens with zero attached hydrogens (tertiary/aromatic N) is 6. The standard InChI is InChI=1S/C38H36N10O4S2/c1-21-42-28-13-23(5-7-31(28)47(21)11-3-9-39)35(49)45-37-41-16-34(54-37)27-19-51-18-26(27)25-15-33(52-17-25)30-20-53-38(44-30)46-36(50)24-6-8-32-29(14-24)43-22(2)48(32)12-4-10-40/h5-8,13-20H,3-4,9-12,39-40H2,1-2H3,(H,41,45,49)(H,44,46,50). The fourth-order valence-corrected chi connectivity index (χ4v) is 7.93. The van der Waals surface area contributed by atoms with Crippen LogP contribution in [0.1, 0.15) is 45.2 Å². The first-order valence-corrected chi connectivity index (χ1v) is 19.0. The van der Waals surface area contributed by atoms with E-state index in [-0.39, 0.29) is 11.8 Å². The van der Waals surface area contributed by atoms with Crippen LogP contribution in [0.2, 0.25) is 0 Å². The Labute approximate surface area is 316 Å². The molecule has 14 nitrogen and oxygen atoms in total. The summed E-state index contributed by atoms with van der Waals surface area (Å²) >= 11 is 2.63. The van der Waals surface area contributed by atoms with Crippen molar-refractivity contribution in [2.45, 2.75) is 39.8 Å². The summed E-state index contributed by atoms with van der Waals surface area (Å²) in [6, 6.07) is 12.8. The van der Waals surface area contributed by atoms with Gasteiger partial charge in [-0.25, -0.2) is 19.9 Å². The van der Waals surface area contributed by atoms with Gasteiger partial charge in [0.2, 0.25) is 0 Å². The zero-order valence-electron chi connectivity index (χ0n) is 29.5. The van der Waals surface area contributed by atoms with Crippen LogP contribution in [0, 0.1) is 13.8 Å². The minimum atomic E-state index is -0.280. The minimum absolute atomic E-state index is 0.278. The van der Waals surface area contributed by atoms with Crippen LogP contribution in [0.4, 0.5) is 10.3 Å². The number of hydrogen-bond donors (Lipinski definition) is 4. The molecule has 0 aliphatic rings. The smallest absolute Gasteiger partial charge is 0.257 e. The SMILES string of the molecule is Cc1nc2cc(C(=O)Nc3nc(-c4cc(-c5cocc5-c5cnc(NC(=O)c6ccc7c(c6)nc(C)n7CCCN)s5)co4)cs3)ccc2n1CCCN. The highest BCUT2D eigenvalue weighted by Gasteiger charge is 2.20. The fraction of sp³-hybridized carbons (Fsp3) is 0.211. The van der Waals surface area contributed by atoms with E-state index in [1.807, 2.05) is 37.4 Å². The van der Waals surface area contributed by atoms with Gasteiger partial charge in [0.05, 0.1) is 45.7 Å². The normalized spacial score (nSPS) is 11.6. The summed E-state index contributed by atoms with van der Waals surface area (Å²) in [5.74, 6) is 1.73. The van der Waals surface area contributed by atoms with Gasteiger partial charge in [0.1, 0.15) is 17.3 Å². The molecule has 0 unspecified atom stereocenters. The number of amides is 2. The summed E-state index contributed by atoms with van der Waals surface area (Å²) in [6.45, 7) is 6.64. The Morgan fingerprint density at radius 2 is 1.39 bits per heavy atom. The Bertz CT molecular complexity index is 2640. The van der Waals surface area contributed by atoms with Crippen LogP contribution in [-0.2, 0) is 13.1 Å². The van der Waals surface area contributed by atoms with Gasteiger partial charge in [-0.1, -0.05) is 11.3 Å². The lowest BCUT2D eigenvalue weighted by Gasteiger charge is -2.06. The summed E-state index contributed by atoms with van der Waals surface area (Å²) in [4.78, 5) is 45.5. The molecular formula is C38H36N10O4S2. The molecule has 0 saturated heterocycles. The van der Waals surface area contributed by atoms with Gasteiger partial charge in [0.15, 0.2) is 16.0 Å². The third-order valence-corrected chi connectivity index (χ3v) is 10.8. The molecule has 0 aliphatic heterocycles. The number of nitrogens with two attached hydrogens (primary N) is 2. The molecule has 0 bridgehead atoms. The van der Waals surface area contributed by atoms with E-state index in [0.717, 1.165) is 81.2 Å². The van der Waals surface area contributed by atoms with Crippen LogP contribution >= 0.6 is 22.7 Å². The number of imidazole rings is 2. The van der Waals surface area contributed by atoms with Crippen molar-refractivity contribution in [3.63, 3.8) is 0 Å². The van der Waals surface area contributed by atoms with Crippen molar-refractivity contribution in [1.29, 1.82) is 0 Å². The Hall–Kier alpha value is -5.94. The van der Waals surface area contributed by atoms with Crippen molar-refractivity contribution in [3.8, 4) is 33.0 Å². The molecule has 0 fully saturated rings. The highest BCUT2D eigenvalue weighted by molar-refractivity contribution is 7.19. The molecule has 8 rings (SSSR count). The summed E-state index contributed by atoms with van der Waals surface area (Å²) in [7, 11) is 0. The first-order chi connectivity index (χ1) is 26.3. The molecule has 0 saturated carbocycles. The molecule has 54 heavy (non-hydrogen) atoms. The predicted molar refractivity (Wildman–Crippen MR) is 211 cm³/mol. The Morgan fingerprint density at radius 1 is 0.778 bits per heavy atom. The first-order valence-electron chi connectivity index (χ1n) is 17.3. The second kappa shape index (κ2) is 14.8. The number of furan rings is 2. The number of thiazole rings is 2. The second-order valence-electron chi connectivity index (χ2n) is 12.7. The van der Waals surface area contributed by atoms with Gasteiger partial charge in [-0.2, -0.15) is 0 Å². The van der Waals surface area contributed by atoms with Gasteiger partial charge in [0, 0.05) is 52.5 Å². The average Bonchev–Trinajstić information content (AvgIpc) is 4.02. The van der Waals surface area contributed by atoms with Crippen molar-refractivity contribution < 1.29 is 18.4 Å². The Morgan fingerprint density at radius 3 is 2.02 bits per heavy atom. The molecule has 6 N–H and O–H groups in total. The molecule has 0 spiro atoms. The van der Waals surface area contributed by atoms with Gasteiger partial charge in [-0.15, -0.1) is 11.3 Å². The maximum absolute atomic E-state index is 13.2. The van der Waals surface area contributed by atoms with Crippen LogP contribution in [0.25, 0.3) is 55.1 Å². The van der Waals surface area contributed by atoms with Gasteiger partial charge in [-0.05, 0) is 82.2 Å². The van der Waals surface area contributed by atoms with Gasteiger partial charge in [-0.3, -0.25) is 20.2 Å². The van der Waals surface area contributed by atoms with E-state index in [9.17, 15) is 9.59 Å². The molecule has 2 amide bonds. The highest BCUT2D eigenvalue weighted by atomic mass is 32.1. The molecule has 6 heterocycles. The van der Waals surface area contributed by atoms with Crippen LogP contribution in [0.3, 0.4) is 0 Å². The number of hydrogen-bond acceptors (Lipinski definition) is 12. The van der Waals surface area contributed by atoms with Crippen LogP contribution in [-0.4, -0.2) is 54.0 Å². The number of aryl methyl sites for hydroxylation is 4. The van der Waals surface area contributed by atoms with Crippen molar-refractivity contribution in [1.82, 2.24) is 29.1 Å². The van der Waals surface area contributed by atoms with Crippen molar-refractivity contribution in [2.24, 2.45) is 11.5 Å². The third-order valence-electron chi connectivity index (χ3n) is 9.12. The maximum atomic E-state index is 13.2. The summed E-state index contributed by atoms with van der Waals surface area (Å²) in [6.07, 6.45) is 8.29. The topological polar surface area (TPSA) is 198 Å². The largest absolute Gasteiger partial charge is 0.471 e. The molecular weight excluding hydrogens is 725 g/mol. The van der Waals surface area contributed by atoms with E-state index < -0.39 is 0 Å². The fourth-order valence-electron chi connectivity index (χ4n) is 6.41. The number of fused-ring (bicyclic) bond motifs is 2. The lowest BCUT2D eigenvalue weighted by Crippen LogP contribution is -2.11. The molecule has 274 valence electrons. The number of carbonyl (C=O) groups is 2. The zero-order chi connectivity index (χ0) is 37.3. The van der Waals surface area contributed by atoms with E-state index in [2.05, 4.69) is 39.7 Å². The highest BCUT2D eigenvalue weighted by Crippen LogP contribution is 2.40. The monoisotopic (exact) mass is 760 g/mol. The van der Waals surface area contributed by atoms with Crippen molar-refractivity contribution >= 4 is 66.8 Å². The van der Waals surface area contributed by atoms with Gasteiger partial charge in [0.25, 0.3) is 11.8 Å². The molecule has 0 radical (unpaired) electrons. The van der Waals surface area contributed by atoms with E-state index in [1.54, 1.807) is 49.3 Å². The van der Waals surface area contributed by atoms with Crippen LogP contribution in [0.5, 0.6) is 0 Å². The quantitative estimate of drug-likeness (QED) is 0.0925. The molecule has 0 atom stereocenters. The van der Waals surface area contributed by atoms with Crippen LogP contribution < -0.4 is 22.1 Å². The molecule has 8 aromatic rings. The summed E-state index contributed by atoms with van der Waals surface area (Å²) in [5, 5.41) is 8.52. The maximum Gasteiger partial charge on any atom is 0.257 e. The van der Waals surface area contributed by atoms with E-state index >= 15 is 0 Å². The number of aromatic nitrogens is 6. The number of benzene rings is 2. The van der Waals surface area contributed by atoms with Crippen LogP contribution in [0.15, 0.2) is 81.7 Å². The van der Waals surface area contributed by atoms with Crippen molar-refractivity contribution in [3.05, 3.63) is 95.6 Å². The number of carbonyl (C=O) groups excluding carboxylic acids is 2. The predicted octanol–water partition coefficient (Wildman–Crippen LogP) is 7.31. The molecule has 6 aromatic heterocycles. The minimum Gasteiger partial charge on any atom is -0.471 e. The first kappa shape index (κ1) is 35.1. The van der Waals surface area contributed by atoms with E-state index in [0.29, 0.717) is 45.9 Å². The molecule has 2 aromatic carbocycles.